The maximum Gasteiger partial charge on any atom is 0.350 e. The minimum atomic E-state index is -0.409. The summed E-state index contributed by atoms with van der Waals surface area (Å²) in [6, 6.07) is 11.1. The van der Waals surface area contributed by atoms with Gasteiger partial charge in [0.2, 0.25) is 5.13 Å². The third-order valence-corrected chi connectivity index (χ3v) is 4.89. The number of carbonyl (C=O) groups excluding carboxylic acids is 1. The fraction of sp³-hybridized carbons (Fsp3) is 0.190. The molecule has 0 saturated carbocycles. The van der Waals surface area contributed by atoms with Crippen LogP contribution in [0.4, 0.5) is 27.9 Å². The molecular formula is C21H20N6O2S. The number of hydrogen-bond acceptors (Lipinski definition) is 9. The number of azo groups is 2. The molecule has 0 bridgehead atoms. The summed E-state index contributed by atoms with van der Waals surface area (Å²) in [6.07, 6.45) is 1.44. The first-order valence-electron chi connectivity index (χ1n) is 9.14. The average Bonchev–Trinajstić information content (AvgIpc) is 3.21. The summed E-state index contributed by atoms with van der Waals surface area (Å²) in [5.41, 5.74) is 4.81. The lowest BCUT2D eigenvalue weighted by molar-refractivity contribution is 0.0532. The lowest BCUT2D eigenvalue weighted by Gasteiger charge is -2.02. The van der Waals surface area contributed by atoms with Crippen molar-refractivity contribution < 1.29 is 9.53 Å². The Hall–Kier alpha value is -3.59. The van der Waals surface area contributed by atoms with Crippen LogP contribution in [0.2, 0.25) is 0 Å². The zero-order valence-electron chi connectivity index (χ0n) is 16.9. The maximum atomic E-state index is 11.7. The van der Waals surface area contributed by atoms with E-state index in [1.807, 2.05) is 50.2 Å². The van der Waals surface area contributed by atoms with Crippen molar-refractivity contribution in [2.24, 2.45) is 25.4 Å². The topological polar surface area (TPSA) is 101 Å². The third-order valence-electron chi connectivity index (χ3n) is 4.03. The zero-order chi connectivity index (χ0) is 21.5. The Labute approximate surface area is 178 Å². The second-order valence-electron chi connectivity index (χ2n) is 6.23. The van der Waals surface area contributed by atoms with Crippen LogP contribution in [0.15, 0.2) is 68.0 Å². The van der Waals surface area contributed by atoms with Gasteiger partial charge in [0.15, 0.2) is 0 Å². The summed E-state index contributed by atoms with van der Waals surface area (Å²) in [6.45, 7) is 9.44. The zero-order valence-corrected chi connectivity index (χ0v) is 17.7. The number of ether oxygens (including phenoxy) is 1. The number of hydrogen-bond donors (Lipinski definition) is 0. The normalized spacial score (nSPS) is 11.3. The van der Waals surface area contributed by atoms with Gasteiger partial charge < -0.3 is 4.74 Å². The largest absolute Gasteiger partial charge is 0.462 e. The number of thiazole rings is 1. The maximum absolute atomic E-state index is 11.7. The Morgan fingerprint density at radius 3 is 2.27 bits per heavy atom. The highest BCUT2D eigenvalue weighted by Crippen LogP contribution is 2.30. The Kier molecular flexibility index (Phi) is 6.87. The van der Waals surface area contributed by atoms with Gasteiger partial charge in [-0.1, -0.05) is 11.3 Å². The molecule has 0 radical (unpaired) electrons. The van der Waals surface area contributed by atoms with Crippen LogP contribution < -0.4 is 0 Å². The fourth-order valence-corrected chi connectivity index (χ4v) is 3.11. The van der Waals surface area contributed by atoms with E-state index in [4.69, 9.17) is 4.74 Å². The number of benzene rings is 2. The summed E-state index contributed by atoms with van der Waals surface area (Å²) in [7, 11) is 0. The number of aliphatic imine (C=N–C) groups is 1. The molecule has 0 spiro atoms. The molecule has 0 atom stereocenters. The summed E-state index contributed by atoms with van der Waals surface area (Å²) in [5, 5.41) is 17.3. The molecule has 30 heavy (non-hydrogen) atoms. The predicted molar refractivity (Wildman–Crippen MR) is 118 cm³/mol. The molecule has 9 heteroatoms. The van der Waals surface area contributed by atoms with Gasteiger partial charge in [-0.2, -0.15) is 10.2 Å². The molecule has 0 amide bonds. The van der Waals surface area contributed by atoms with Gasteiger partial charge in [0.25, 0.3) is 0 Å². The van der Waals surface area contributed by atoms with Crippen molar-refractivity contribution in [1.82, 2.24) is 4.98 Å². The summed E-state index contributed by atoms with van der Waals surface area (Å²) >= 11 is 1.13. The van der Waals surface area contributed by atoms with E-state index in [0.29, 0.717) is 28.0 Å². The Bertz CT molecular complexity index is 1140. The van der Waals surface area contributed by atoms with Crippen LogP contribution in [0.3, 0.4) is 0 Å². The Morgan fingerprint density at radius 2 is 1.63 bits per heavy atom. The van der Waals surface area contributed by atoms with E-state index in [1.54, 1.807) is 6.92 Å². The average molecular weight is 420 g/mol. The highest BCUT2D eigenvalue weighted by atomic mass is 32.1. The first-order chi connectivity index (χ1) is 14.5. The number of esters is 1. The smallest absolute Gasteiger partial charge is 0.350 e. The molecular weight excluding hydrogens is 400 g/mol. The first kappa shape index (κ1) is 21.1. The van der Waals surface area contributed by atoms with Crippen molar-refractivity contribution in [2.75, 3.05) is 6.61 Å². The van der Waals surface area contributed by atoms with E-state index in [1.165, 1.54) is 6.20 Å². The van der Waals surface area contributed by atoms with Crippen molar-refractivity contribution in [3.05, 3.63) is 58.6 Å². The van der Waals surface area contributed by atoms with Gasteiger partial charge in [-0.05, 0) is 75.0 Å². The Morgan fingerprint density at radius 1 is 1.00 bits per heavy atom. The highest BCUT2D eigenvalue weighted by molar-refractivity contribution is 7.17. The van der Waals surface area contributed by atoms with Crippen LogP contribution in [0.25, 0.3) is 0 Å². The molecule has 0 saturated heterocycles. The molecule has 0 aliphatic rings. The number of rotatable bonds is 7. The van der Waals surface area contributed by atoms with Gasteiger partial charge in [-0.25, -0.2) is 9.78 Å². The third kappa shape index (κ3) is 5.26. The number of carbonyl (C=O) groups is 1. The van der Waals surface area contributed by atoms with Crippen molar-refractivity contribution in [3.8, 4) is 0 Å². The van der Waals surface area contributed by atoms with Crippen LogP contribution in [0.1, 0.15) is 27.7 Å². The molecule has 0 fully saturated rings. The van der Waals surface area contributed by atoms with Crippen LogP contribution in [0.5, 0.6) is 0 Å². The summed E-state index contributed by atoms with van der Waals surface area (Å²) in [4.78, 5) is 20.1. The van der Waals surface area contributed by atoms with Gasteiger partial charge in [-0.15, -0.1) is 10.2 Å². The molecule has 1 aromatic heterocycles. The van der Waals surface area contributed by atoms with Crippen molar-refractivity contribution in [2.45, 2.75) is 20.8 Å². The van der Waals surface area contributed by atoms with E-state index in [2.05, 4.69) is 37.2 Å². The molecule has 1 heterocycles. The van der Waals surface area contributed by atoms with E-state index in [9.17, 15) is 4.79 Å². The van der Waals surface area contributed by atoms with Crippen molar-refractivity contribution in [3.63, 3.8) is 0 Å². The number of aromatic nitrogens is 1. The van der Waals surface area contributed by atoms with Crippen molar-refractivity contribution in [1.29, 1.82) is 0 Å². The lowest BCUT2D eigenvalue weighted by Crippen LogP contribution is -2.01. The molecule has 152 valence electrons. The van der Waals surface area contributed by atoms with Crippen LogP contribution in [0, 0.1) is 13.8 Å². The molecule has 0 unspecified atom stereocenters. The van der Waals surface area contributed by atoms with E-state index in [-0.39, 0.29) is 0 Å². The van der Waals surface area contributed by atoms with Gasteiger partial charge in [0.05, 0.1) is 35.6 Å². The van der Waals surface area contributed by atoms with Gasteiger partial charge >= 0.3 is 5.97 Å². The molecule has 8 nitrogen and oxygen atoms in total. The van der Waals surface area contributed by atoms with E-state index >= 15 is 0 Å². The van der Waals surface area contributed by atoms with Crippen LogP contribution in [-0.2, 0) is 4.74 Å². The summed E-state index contributed by atoms with van der Waals surface area (Å²) in [5.74, 6) is -0.409. The Balaban J connectivity index is 1.71. The first-order valence-corrected chi connectivity index (χ1v) is 9.96. The molecule has 0 aliphatic carbocycles. The monoisotopic (exact) mass is 420 g/mol. The molecule has 3 rings (SSSR count). The quantitative estimate of drug-likeness (QED) is 0.231. The SMILES string of the molecule is C=Nc1ccc(N=Nc2ccc(N=Nc3ncc(C(=O)OCC)s3)c(C)c2)c(C)c1. The minimum Gasteiger partial charge on any atom is -0.462 e. The number of nitrogens with zero attached hydrogens (tertiary/aromatic N) is 6. The number of aryl methyl sites for hydroxylation is 2. The molecule has 0 N–H and O–H groups in total. The van der Waals surface area contributed by atoms with Crippen LogP contribution in [-0.4, -0.2) is 24.3 Å². The van der Waals surface area contributed by atoms with Gasteiger partial charge in [0, 0.05) is 0 Å². The molecule has 3 aromatic rings. The summed E-state index contributed by atoms with van der Waals surface area (Å²) < 4.78 is 4.94. The molecule has 0 aliphatic heterocycles. The van der Waals surface area contributed by atoms with Gasteiger partial charge in [-0.3, -0.25) is 4.99 Å². The lowest BCUT2D eigenvalue weighted by atomic mass is 10.2. The molecule has 2 aromatic carbocycles. The van der Waals surface area contributed by atoms with Crippen LogP contribution >= 0.6 is 11.3 Å². The highest BCUT2D eigenvalue weighted by Gasteiger charge is 2.11. The van der Waals surface area contributed by atoms with Crippen molar-refractivity contribution >= 4 is 51.9 Å². The second kappa shape index (κ2) is 9.75. The van der Waals surface area contributed by atoms with E-state index in [0.717, 1.165) is 33.8 Å². The minimum absolute atomic E-state index is 0.313. The second-order valence-corrected chi connectivity index (χ2v) is 7.24. The van der Waals surface area contributed by atoms with Gasteiger partial charge in [0.1, 0.15) is 4.88 Å². The predicted octanol–water partition coefficient (Wildman–Crippen LogP) is 7.10. The van der Waals surface area contributed by atoms with E-state index < -0.39 is 5.97 Å². The fourth-order valence-electron chi connectivity index (χ4n) is 2.48. The standard InChI is InChI=1S/C21H20N6O2S/c1-5-29-20(28)19-12-23-21(30-19)27-26-18-9-7-16(11-14(18)3)24-25-17-8-6-15(22-4)10-13(17)2/h6-12H,4-5H2,1-3H3.